The number of hydrogen-bond donors (Lipinski definition) is 2. The fraction of sp³-hybridized carbons (Fsp3) is 0.667. The molecular weight excluding hydrogens is 238 g/mol. The maximum absolute atomic E-state index is 11.8. The standard InChI is InChI=1S/C12H17NO5/c1-12(2)10(17)8(6-14)18-11(12)13-4-3-7(15)5-9(13)16/h3-4,8,10-11,14,17H,5-6H2,1-2H3/t8-,10-,11-/m1/s1. The van der Waals surface area contributed by atoms with Gasteiger partial charge in [-0.15, -0.1) is 0 Å². The molecule has 0 saturated carbocycles. The van der Waals surface area contributed by atoms with Crippen molar-refractivity contribution in [1.82, 2.24) is 4.90 Å². The van der Waals surface area contributed by atoms with Crippen molar-refractivity contribution in [3.8, 4) is 0 Å². The van der Waals surface area contributed by atoms with Crippen LogP contribution in [0.1, 0.15) is 20.3 Å². The van der Waals surface area contributed by atoms with Gasteiger partial charge >= 0.3 is 0 Å². The molecule has 0 spiro atoms. The van der Waals surface area contributed by atoms with Gasteiger partial charge in [-0.05, 0) is 6.08 Å². The van der Waals surface area contributed by atoms with Gasteiger partial charge < -0.3 is 14.9 Å². The van der Waals surface area contributed by atoms with Crippen LogP contribution in [0.15, 0.2) is 12.3 Å². The highest BCUT2D eigenvalue weighted by atomic mass is 16.5. The number of carbonyl (C=O) groups excluding carboxylic acids is 2. The minimum Gasteiger partial charge on any atom is -0.394 e. The Bertz CT molecular complexity index is 403. The van der Waals surface area contributed by atoms with Crippen molar-refractivity contribution in [1.29, 1.82) is 0 Å². The van der Waals surface area contributed by atoms with Crippen molar-refractivity contribution in [3.63, 3.8) is 0 Å². The van der Waals surface area contributed by atoms with Crippen LogP contribution in [-0.2, 0) is 14.3 Å². The predicted octanol–water partition coefficient (Wildman–Crippen LogP) is -0.594. The zero-order valence-electron chi connectivity index (χ0n) is 10.4. The van der Waals surface area contributed by atoms with Gasteiger partial charge in [0.05, 0.1) is 19.1 Å². The Morgan fingerprint density at radius 1 is 1.50 bits per heavy atom. The van der Waals surface area contributed by atoms with E-state index in [9.17, 15) is 14.7 Å². The lowest BCUT2D eigenvalue weighted by Crippen LogP contribution is -2.47. The molecular formula is C12H17NO5. The average molecular weight is 255 g/mol. The molecule has 0 aliphatic carbocycles. The number of ether oxygens (including phenoxy) is 1. The number of amides is 1. The minimum atomic E-state index is -0.869. The average Bonchev–Trinajstić information content (AvgIpc) is 2.52. The van der Waals surface area contributed by atoms with Crippen LogP contribution in [0.25, 0.3) is 0 Å². The third-order valence-corrected chi connectivity index (χ3v) is 3.52. The Balaban J connectivity index is 2.26. The summed E-state index contributed by atoms with van der Waals surface area (Å²) in [5.41, 5.74) is -0.714. The molecule has 0 unspecified atom stereocenters. The Morgan fingerprint density at radius 3 is 2.67 bits per heavy atom. The number of aliphatic hydroxyl groups excluding tert-OH is 2. The van der Waals surface area contributed by atoms with Crippen LogP contribution < -0.4 is 0 Å². The number of nitrogens with zero attached hydrogens (tertiary/aromatic N) is 1. The molecule has 1 amide bonds. The van der Waals surface area contributed by atoms with E-state index in [2.05, 4.69) is 0 Å². The summed E-state index contributed by atoms with van der Waals surface area (Å²) in [6.45, 7) is 3.21. The molecule has 1 saturated heterocycles. The topological polar surface area (TPSA) is 87.1 Å². The SMILES string of the molecule is CC1(C)[C@H](O)[C@@H](CO)O[C@H]1N1C=CC(=O)CC1=O. The molecule has 0 aromatic rings. The van der Waals surface area contributed by atoms with Gasteiger partial charge in [-0.1, -0.05) is 13.8 Å². The van der Waals surface area contributed by atoms with Gasteiger partial charge in [0.2, 0.25) is 5.91 Å². The first-order valence-electron chi connectivity index (χ1n) is 5.84. The van der Waals surface area contributed by atoms with Crippen LogP contribution in [0.5, 0.6) is 0 Å². The number of allylic oxidation sites excluding steroid dienone is 1. The van der Waals surface area contributed by atoms with E-state index in [0.29, 0.717) is 0 Å². The van der Waals surface area contributed by atoms with Gasteiger partial charge in [-0.3, -0.25) is 14.5 Å². The Labute approximate surface area is 105 Å². The molecule has 6 nitrogen and oxygen atoms in total. The van der Waals surface area contributed by atoms with Gasteiger partial charge in [0, 0.05) is 11.6 Å². The maximum atomic E-state index is 11.8. The summed E-state index contributed by atoms with van der Waals surface area (Å²) in [5, 5.41) is 19.2. The van der Waals surface area contributed by atoms with E-state index >= 15 is 0 Å². The first-order valence-corrected chi connectivity index (χ1v) is 5.84. The molecule has 0 aromatic heterocycles. The van der Waals surface area contributed by atoms with Crippen LogP contribution >= 0.6 is 0 Å². The molecule has 18 heavy (non-hydrogen) atoms. The smallest absolute Gasteiger partial charge is 0.236 e. The van der Waals surface area contributed by atoms with Crippen LogP contribution in [0.4, 0.5) is 0 Å². The van der Waals surface area contributed by atoms with Crippen molar-refractivity contribution < 1.29 is 24.5 Å². The molecule has 100 valence electrons. The quantitative estimate of drug-likeness (QED) is 0.644. The monoisotopic (exact) mass is 255 g/mol. The number of hydrogen-bond acceptors (Lipinski definition) is 5. The summed E-state index contributed by atoms with van der Waals surface area (Å²) in [5.74, 6) is -0.599. The lowest BCUT2D eigenvalue weighted by atomic mass is 9.84. The number of ketones is 1. The summed E-state index contributed by atoms with van der Waals surface area (Å²) in [4.78, 5) is 24.2. The normalized spacial score (nSPS) is 35.3. The molecule has 6 heteroatoms. The summed E-state index contributed by atoms with van der Waals surface area (Å²) < 4.78 is 5.53. The molecule has 0 radical (unpaired) electrons. The van der Waals surface area contributed by atoms with Gasteiger partial charge in [-0.25, -0.2) is 0 Å². The molecule has 2 aliphatic heterocycles. The van der Waals surface area contributed by atoms with E-state index in [1.807, 2.05) is 0 Å². The number of aliphatic hydroxyl groups is 2. The summed E-state index contributed by atoms with van der Waals surface area (Å²) in [6, 6.07) is 0. The van der Waals surface area contributed by atoms with Crippen LogP contribution in [0.3, 0.4) is 0 Å². The van der Waals surface area contributed by atoms with E-state index in [0.717, 1.165) is 0 Å². The predicted molar refractivity (Wildman–Crippen MR) is 61.1 cm³/mol. The summed E-state index contributed by atoms with van der Waals surface area (Å²) in [7, 11) is 0. The fourth-order valence-corrected chi connectivity index (χ4v) is 2.36. The zero-order chi connectivity index (χ0) is 13.5. The lowest BCUT2D eigenvalue weighted by molar-refractivity contribution is -0.148. The molecule has 0 aromatic carbocycles. The molecule has 2 N–H and O–H groups in total. The molecule has 1 fully saturated rings. The van der Waals surface area contributed by atoms with Gasteiger partial charge in [0.1, 0.15) is 12.3 Å². The van der Waals surface area contributed by atoms with Crippen LogP contribution in [0, 0.1) is 5.41 Å². The van der Waals surface area contributed by atoms with E-state index in [4.69, 9.17) is 9.84 Å². The largest absolute Gasteiger partial charge is 0.394 e. The van der Waals surface area contributed by atoms with Crippen LogP contribution in [-0.4, -0.2) is 51.8 Å². The zero-order valence-corrected chi connectivity index (χ0v) is 10.4. The molecule has 2 heterocycles. The second-order valence-electron chi connectivity index (χ2n) is 5.24. The highest BCUT2D eigenvalue weighted by Gasteiger charge is 2.53. The first kappa shape index (κ1) is 13.2. The number of carbonyl (C=O) groups is 2. The van der Waals surface area contributed by atoms with Crippen molar-refractivity contribution >= 4 is 11.7 Å². The molecule has 3 atom stereocenters. The Morgan fingerprint density at radius 2 is 2.17 bits per heavy atom. The first-order chi connectivity index (χ1) is 8.37. The van der Waals surface area contributed by atoms with Crippen molar-refractivity contribution in [3.05, 3.63) is 12.3 Å². The van der Waals surface area contributed by atoms with E-state index in [1.165, 1.54) is 17.2 Å². The minimum absolute atomic E-state index is 0.188. The van der Waals surface area contributed by atoms with E-state index in [-0.39, 0.29) is 24.7 Å². The van der Waals surface area contributed by atoms with E-state index < -0.39 is 23.9 Å². The van der Waals surface area contributed by atoms with Gasteiger partial charge in [0.15, 0.2) is 5.78 Å². The van der Waals surface area contributed by atoms with Crippen molar-refractivity contribution in [2.24, 2.45) is 5.41 Å². The highest BCUT2D eigenvalue weighted by molar-refractivity contribution is 6.06. The van der Waals surface area contributed by atoms with Crippen LogP contribution in [0.2, 0.25) is 0 Å². The number of rotatable bonds is 2. The summed E-state index contributed by atoms with van der Waals surface area (Å²) >= 11 is 0. The van der Waals surface area contributed by atoms with E-state index in [1.54, 1.807) is 13.8 Å². The van der Waals surface area contributed by atoms with Crippen molar-refractivity contribution in [2.75, 3.05) is 6.61 Å². The second kappa shape index (κ2) is 4.46. The second-order valence-corrected chi connectivity index (χ2v) is 5.24. The highest BCUT2D eigenvalue weighted by Crippen LogP contribution is 2.40. The molecule has 2 rings (SSSR count). The molecule has 0 bridgehead atoms. The van der Waals surface area contributed by atoms with Gasteiger partial charge in [0.25, 0.3) is 0 Å². The van der Waals surface area contributed by atoms with Gasteiger partial charge in [-0.2, -0.15) is 0 Å². The lowest BCUT2D eigenvalue weighted by Gasteiger charge is -2.35. The Hall–Kier alpha value is -1.24. The fourth-order valence-electron chi connectivity index (χ4n) is 2.36. The third kappa shape index (κ3) is 1.96. The Kier molecular flexibility index (Phi) is 3.27. The van der Waals surface area contributed by atoms with Crippen molar-refractivity contribution in [2.45, 2.75) is 38.7 Å². The maximum Gasteiger partial charge on any atom is 0.236 e. The summed E-state index contributed by atoms with van der Waals surface area (Å²) in [6.07, 6.45) is 0.246. The molecule has 2 aliphatic rings. The third-order valence-electron chi connectivity index (χ3n) is 3.52.